The number of benzene rings is 1. The maximum Gasteiger partial charge on any atom is 0.394 e. The summed E-state index contributed by atoms with van der Waals surface area (Å²) in [6, 6.07) is 4.90. The Labute approximate surface area is 203 Å². The third-order valence-electron chi connectivity index (χ3n) is 5.61. The summed E-state index contributed by atoms with van der Waals surface area (Å²) in [4.78, 5) is 13.4. The zero-order valence-electron chi connectivity index (χ0n) is 20.3. The van der Waals surface area contributed by atoms with Crippen LogP contribution in [-0.4, -0.2) is 37.9 Å². The molecule has 35 heavy (non-hydrogen) atoms. The van der Waals surface area contributed by atoms with E-state index in [0.717, 1.165) is 25.3 Å². The minimum absolute atomic E-state index is 0.116. The van der Waals surface area contributed by atoms with E-state index in [0.29, 0.717) is 46.0 Å². The Bertz CT molecular complexity index is 1240. The van der Waals surface area contributed by atoms with Crippen molar-refractivity contribution in [3.8, 4) is 11.6 Å². The van der Waals surface area contributed by atoms with Gasteiger partial charge in [0, 0.05) is 25.2 Å². The van der Waals surface area contributed by atoms with Gasteiger partial charge in [0.15, 0.2) is 11.6 Å². The molecule has 1 atom stereocenters. The predicted octanol–water partition coefficient (Wildman–Crippen LogP) is 4.75. The Balaban J connectivity index is 1.57. The Hall–Kier alpha value is -3.82. The SMILES string of the molecule is C=C(N[C@@H](C)c1nc(C)nn1-c1cnc(C(=C)NC)cn1)c1cc(OC(C)(F)F)cc(C2CC2)c1. The molecule has 0 saturated heterocycles. The molecule has 184 valence electrons. The molecule has 1 aliphatic rings. The van der Waals surface area contributed by atoms with Crippen LogP contribution in [0.25, 0.3) is 17.2 Å². The molecular formula is C25H29F2N7O. The number of hydrogen-bond donors (Lipinski definition) is 2. The first-order valence-electron chi connectivity index (χ1n) is 11.3. The van der Waals surface area contributed by atoms with Crippen LogP contribution in [0.2, 0.25) is 0 Å². The van der Waals surface area contributed by atoms with Crippen LogP contribution in [0, 0.1) is 6.92 Å². The first kappa shape index (κ1) is 24.3. The van der Waals surface area contributed by atoms with Crippen LogP contribution in [0.15, 0.2) is 43.8 Å². The highest BCUT2D eigenvalue weighted by atomic mass is 19.3. The Morgan fingerprint density at radius 2 is 1.91 bits per heavy atom. The topological polar surface area (TPSA) is 89.8 Å². The average molecular weight is 482 g/mol. The maximum absolute atomic E-state index is 13.5. The molecule has 0 amide bonds. The van der Waals surface area contributed by atoms with E-state index in [4.69, 9.17) is 4.74 Å². The van der Waals surface area contributed by atoms with Gasteiger partial charge in [0.2, 0.25) is 0 Å². The van der Waals surface area contributed by atoms with Gasteiger partial charge in [-0.25, -0.2) is 15.0 Å². The lowest BCUT2D eigenvalue weighted by Gasteiger charge is -2.20. The van der Waals surface area contributed by atoms with Gasteiger partial charge in [-0.2, -0.15) is 13.5 Å². The maximum atomic E-state index is 13.5. The van der Waals surface area contributed by atoms with Crippen LogP contribution in [0.1, 0.15) is 67.1 Å². The number of rotatable bonds is 10. The highest BCUT2D eigenvalue weighted by Gasteiger charge is 2.28. The van der Waals surface area contributed by atoms with Crippen LogP contribution in [0.3, 0.4) is 0 Å². The van der Waals surface area contributed by atoms with E-state index < -0.39 is 6.11 Å². The molecule has 2 N–H and O–H groups in total. The van der Waals surface area contributed by atoms with Crippen LogP contribution >= 0.6 is 0 Å². The van der Waals surface area contributed by atoms with E-state index in [1.807, 2.05) is 13.0 Å². The molecule has 10 heteroatoms. The molecule has 0 bridgehead atoms. The Morgan fingerprint density at radius 1 is 1.17 bits per heavy atom. The van der Waals surface area contributed by atoms with Crippen molar-refractivity contribution in [1.29, 1.82) is 0 Å². The second kappa shape index (κ2) is 9.44. The second-order valence-corrected chi connectivity index (χ2v) is 8.74. The van der Waals surface area contributed by atoms with Gasteiger partial charge in [0.05, 0.1) is 24.1 Å². The lowest BCUT2D eigenvalue weighted by atomic mass is 10.0. The van der Waals surface area contributed by atoms with Crippen molar-refractivity contribution in [1.82, 2.24) is 35.4 Å². The zero-order valence-corrected chi connectivity index (χ0v) is 20.3. The van der Waals surface area contributed by atoms with Crippen molar-refractivity contribution >= 4 is 11.4 Å². The van der Waals surface area contributed by atoms with Crippen molar-refractivity contribution in [2.24, 2.45) is 0 Å². The predicted molar refractivity (Wildman–Crippen MR) is 130 cm³/mol. The molecule has 4 rings (SSSR count). The minimum Gasteiger partial charge on any atom is -0.433 e. The van der Waals surface area contributed by atoms with E-state index in [-0.39, 0.29) is 11.8 Å². The van der Waals surface area contributed by atoms with Gasteiger partial charge in [-0.1, -0.05) is 13.2 Å². The lowest BCUT2D eigenvalue weighted by molar-refractivity contribution is -0.159. The summed E-state index contributed by atoms with van der Waals surface area (Å²) in [5.74, 6) is 2.16. The fraction of sp³-hybridized carbons (Fsp3) is 0.360. The molecule has 0 spiro atoms. The largest absolute Gasteiger partial charge is 0.433 e. The van der Waals surface area contributed by atoms with Gasteiger partial charge in [-0.05, 0) is 56.4 Å². The summed E-state index contributed by atoms with van der Waals surface area (Å²) in [5.41, 5.74) is 3.49. The quantitative estimate of drug-likeness (QED) is 0.432. The van der Waals surface area contributed by atoms with E-state index in [1.54, 1.807) is 43.2 Å². The summed E-state index contributed by atoms with van der Waals surface area (Å²) in [5, 5.41) is 10.7. The molecule has 0 radical (unpaired) electrons. The van der Waals surface area contributed by atoms with Crippen molar-refractivity contribution in [2.75, 3.05) is 7.05 Å². The van der Waals surface area contributed by atoms with E-state index in [2.05, 4.69) is 43.8 Å². The third-order valence-corrected chi connectivity index (χ3v) is 5.61. The molecule has 0 unspecified atom stereocenters. The normalized spacial score (nSPS) is 14.3. The summed E-state index contributed by atoms with van der Waals surface area (Å²) in [6.45, 7) is 12.5. The van der Waals surface area contributed by atoms with E-state index in [9.17, 15) is 8.78 Å². The van der Waals surface area contributed by atoms with Crippen LogP contribution in [-0.2, 0) is 0 Å². The van der Waals surface area contributed by atoms with Gasteiger partial charge in [0.1, 0.15) is 17.3 Å². The minimum atomic E-state index is -3.27. The Kier molecular flexibility index (Phi) is 6.56. The first-order valence-corrected chi connectivity index (χ1v) is 11.3. The van der Waals surface area contributed by atoms with Gasteiger partial charge in [0.25, 0.3) is 0 Å². The summed E-state index contributed by atoms with van der Waals surface area (Å²) >= 11 is 0. The molecule has 2 heterocycles. The number of nitrogens with zero attached hydrogens (tertiary/aromatic N) is 5. The highest BCUT2D eigenvalue weighted by Crippen LogP contribution is 2.42. The van der Waals surface area contributed by atoms with Gasteiger partial charge in [-0.3, -0.25) is 0 Å². The smallest absolute Gasteiger partial charge is 0.394 e. The van der Waals surface area contributed by atoms with Crippen molar-refractivity contribution < 1.29 is 13.5 Å². The molecule has 2 aromatic heterocycles. The Morgan fingerprint density at radius 3 is 2.51 bits per heavy atom. The number of alkyl halides is 2. The van der Waals surface area contributed by atoms with Gasteiger partial charge in [-0.15, -0.1) is 5.10 Å². The number of ether oxygens (including phenoxy) is 1. The third kappa shape index (κ3) is 5.82. The number of aryl methyl sites for hydroxylation is 1. The molecule has 0 aliphatic heterocycles. The summed E-state index contributed by atoms with van der Waals surface area (Å²) in [6.07, 6.45) is 2.01. The molecule has 1 saturated carbocycles. The van der Waals surface area contributed by atoms with Crippen molar-refractivity contribution in [3.05, 3.63) is 72.2 Å². The molecule has 1 fully saturated rings. The standard InChI is InChI=1S/C25H29F2N7O/c1-14(19-9-20(18-7-8-18)11-21(10-19)35-25(5,26)27)31-16(3)24-32-17(4)33-34(24)23-13-29-22(12-30-23)15(2)28-6/h9-13,16,18,28,31H,1-2,7-8H2,3-6H3/t16-/m0/s1. The molecule has 8 nitrogen and oxygen atoms in total. The first-order chi connectivity index (χ1) is 16.5. The van der Waals surface area contributed by atoms with Crippen LogP contribution in [0.4, 0.5) is 8.78 Å². The number of hydrogen-bond acceptors (Lipinski definition) is 7. The molecule has 3 aromatic rings. The van der Waals surface area contributed by atoms with E-state index >= 15 is 0 Å². The fourth-order valence-electron chi connectivity index (χ4n) is 3.72. The molecular weight excluding hydrogens is 452 g/mol. The van der Waals surface area contributed by atoms with Gasteiger partial charge < -0.3 is 15.4 Å². The summed E-state index contributed by atoms with van der Waals surface area (Å²) in [7, 11) is 1.76. The zero-order chi connectivity index (χ0) is 25.3. The van der Waals surface area contributed by atoms with Crippen LogP contribution < -0.4 is 15.4 Å². The average Bonchev–Trinajstić information content (AvgIpc) is 3.58. The monoisotopic (exact) mass is 481 g/mol. The second-order valence-electron chi connectivity index (χ2n) is 8.74. The van der Waals surface area contributed by atoms with Crippen molar-refractivity contribution in [3.63, 3.8) is 0 Å². The number of halogens is 2. The summed E-state index contributed by atoms with van der Waals surface area (Å²) < 4.78 is 33.5. The molecule has 1 aliphatic carbocycles. The highest BCUT2D eigenvalue weighted by molar-refractivity contribution is 5.65. The number of nitrogens with one attached hydrogen (secondary N) is 2. The van der Waals surface area contributed by atoms with E-state index in [1.165, 1.54) is 0 Å². The number of aromatic nitrogens is 5. The van der Waals surface area contributed by atoms with Crippen molar-refractivity contribution in [2.45, 2.75) is 51.7 Å². The van der Waals surface area contributed by atoms with Gasteiger partial charge >= 0.3 is 6.11 Å². The molecule has 1 aromatic carbocycles. The fourth-order valence-corrected chi connectivity index (χ4v) is 3.72. The van der Waals surface area contributed by atoms with Crippen LogP contribution in [0.5, 0.6) is 5.75 Å². The lowest BCUT2D eigenvalue weighted by Crippen LogP contribution is -2.22.